The summed E-state index contributed by atoms with van der Waals surface area (Å²) < 4.78 is 0. The van der Waals surface area contributed by atoms with Gasteiger partial charge in [-0.3, -0.25) is 0 Å². The average molecular weight is 225 g/mol. The fourth-order valence-corrected chi connectivity index (χ4v) is 0.785. The maximum absolute atomic E-state index is 10.4. The zero-order valence-corrected chi connectivity index (χ0v) is 9.47. The number of rotatable bonds is 2. The van der Waals surface area contributed by atoms with Crippen molar-refractivity contribution in [3.8, 4) is 0 Å². The number of nitrogens with zero attached hydrogens (tertiary/aromatic N) is 1. The van der Waals surface area contributed by atoms with Gasteiger partial charge in [0.15, 0.2) is 0 Å². The Bertz CT molecular complexity index is 342. The summed E-state index contributed by atoms with van der Waals surface area (Å²) in [5.74, 6) is -2.25. The van der Waals surface area contributed by atoms with Crippen LogP contribution in [0, 0.1) is 0 Å². The first-order valence-corrected chi connectivity index (χ1v) is 4.52. The smallest absolute Gasteiger partial charge is 0.335 e. The lowest BCUT2D eigenvalue weighted by molar-refractivity contribution is 0.0696. The molecule has 0 amide bonds. The van der Waals surface area contributed by atoms with Crippen LogP contribution in [0.2, 0.25) is 0 Å². The second kappa shape index (κ2) is 6.58. The van der Waals surface area contributed by atoms with Gasteiger partial charge in [-0.2, -0.15) is 0 Å². The minimum Gasteiger partial charge on any atom is -0.478 e. The van der Waals surface area contributed by atoms with Crippen molar-refractivity contribution in [2.24, 2.45) is 0 Å². The van der Waals surface area contributed by atoms with Crippen molar-refractivity contribution in [2.45, 2.75) is 0 Å². The lowest BCUT2D eigenvalue weighted by atomic mass is 10.1. The summed E-state index contributed by atoms with van der Waals surface area (Å²) in [6.45, 7) is 0. The Labute approximate surface area is 93.9 Å². The van der Waals surface area contributed by atoms with Crippen molar-refractivity contribution < 1.29 is 19.8 Å². The molecule has 0 saturated carbocycles. The van der Waals surface area contributed by atoms with E-state index in [1.54, 1.807) is 0 Å². The molecule has 0 radical (unpaired) electrons. The first-order valence-electron chi connectivity index (χ1n) is 4.52. The molecule has 1 aromatic carbocycles. The first-order chi connectivity index (χ1) is 7.34. The number of carbonyl (C=O) groups is 2. The van der Waals surface area contributed by atoms with Crippen LogP contribution in [-0.4, -0.2) is 48.2 Å². The van der Waals surface area contributed by atoms with Gasteiger partial charge in [-0.15, -0.1) is 0 Å². The molecule has 0 unspecified atom stereocenters. The van der Waals surface area contributed by atoms with Crippen molar-refractivity contribution >= 4 is 11.9 Å². The van der Waals surface area contributed by atoms with E-state index in [0.29, 0.717) is 0 Å². The van der Waals surface area contributed by atoms with Crippen LogP contribution in [0.4, 0.5) is 0 Å². The molecule has 0 heterocycles. The topological polar surface area (TPSA) is 77.8 Å². The molecule has 0 aliphatic carbocycles. The third-order valence-electron chi connectivity index (χ3n) is 1.36. The predicted octanol–water partition coefficient (Wildman–Crippen LogP) is 1.26. The van der Waals surface area contributed by atoms with E-state index in [4.69, 9.17) is 10.2 Å². The molecule has 0 aliphatic rings. The van der Waals surface area contributed by atoms with Crippen molar-refractivity contribution in [1.82, 2.24) is 4.90 Å². The quantitative estimate of drug-likeness (QED) is 0.792. The van der Waals surface area contributed by atoms with E-state index in [-0.39, 0.29) is 11.1 Å². The van der Waals surface area contributed by atoms with Crippen LogP contribution in [-0.2, 0) is 0 Å². The molecule has 0 aliphatic heterocycles. The second-order valence-electron chi connectivity index (χ2n) is 3.53. The molecule has 2 N–H and O–H groups in total. The summed E-state index contributed by atoms with van der Waals surface area (Å²) in [6.07, 6.45) is 0. The Balaban J connectivity index is 0.000000487. The Morgan fingerprint density at radius 3 is 1.56 bits per heavy atom. The maximum Gasteiger partial charge on any atom is 0.335 e. The highest BCUT2D eigenvalue weighted by Crippen LogP contribution is 2.04. The second-order valence-corrected chi connectivity index (χ2v) is 3.53. The molecule has 1 rings (SSSR count). The van der Waals surface area contributed by atoms with Crippen LogP contribution in [0.3, 0.4) is 0 Å². The van der Waals surface area contributed by atoms with Gasteiger partial charge in [0, 0.05) is 0 Å². The monoisotopic (exact) mass is 225 g/mol. The van der Waals surface area contributed by atoms with E-state index in [0.717, 1.165) is 6.07 Å². The zero-order valence-electron chi connectivity index (χ0n) is 9.47. The highest BCUT2D eigenvalue weighted by Gasteiger charge is 2.06. The number of carboxylic acids is 2. The van der Waals surface area contributed by atoms with E-state index in [1.807, 2.05) is 26.0 Å². The summed E-state index contributed by atoms with van der Waals surface area (Å²) in [5, 5.41) is 17.0. The van der Waals surface area contributed by atoms with Gasteiger partial charge in [-0.25, -0.2) is 9.59 Å². The standard InChI is InChI=1S/C8H6O4.C3H9N/c9-7(10)5-2-1-3-6(4-5)8(11)12;1-4(2)3/h1-4H,(H,9,10)(H,11,12);1-3H3. The molecule has 0 fully saturated rings. The van der Waals surface area contributed by atoms with Crippen molar-refractivity contribution in [1.29, 1.82) is 0 Å². The van der Waals surface area contributed by atoms with Gasteiger partial charge in [0.25, 0.3) is 0 Å². The van der Waals surface area contributed by atoms with E-state index in [1.165, 1.54) is 18.2 Å². The van der Waals surface area contributed by atoms with E-state index in [9.17, 15) is 9.59 Å². The number of aromatic carboxylic acids is 2. The molecule has 0 bridgehead atoms. The molecule has 16 heavy (non-hydrogen) atoms. The maximum atomic E-state index is 10.4. The molecule has 5 heteroatoms. The first kappa shape index (κ1) is 14.1. The van der Waals surface area contributed by atoms with Gasteiger partial charge in [0.05, 0.1) is 11.1 Å². The van der Waals surface area contributed by atoms with Crippen molar-refractivity contribution in [3.05, 3.63) is 35.4 Å². The summed E-state index contributed by atoms with van der Waals surface area (Å²) in [7, 11) is 6.00. The molecular formula is C11H15NO4. The zero-order chi connectivity index (χ0) is 12.7. The Morgan fingerprint density at radius 1 is 1.00 bits per heavy atom. The van der Waals surface area contributed by atoms with E-state index in [2.05, 4.69) is 0 Å². The van der Waals surface area contributed by atoms with Crippen LogP contribution >= 0.6 is 0 Å². The van der Waals surface area contributed by atoms with Gasteiger partial charge < -0.3 is 15.1 Å². The Morgan fingerprint density at radius 2 is 1.31 bits per heavy atom. The molecule has 0 saturated heterocycles. The molecule has 0 atom stereocenters. The fourth-order valence-electron chi connectivity index (χ4n) is 0.785. The number of carboxylic acid groups (broad SMARTS) is 2. The van der Waals surface area contributed by atoms with Crippen LogP contribution in [0.1, 0.15) is 20.7 Å². The summed E-state index contributed by atoms with van der Waals surface area (Å²) in [5.41, 5.74) is -0.0372. The Kier molecular flexibility index (Phi) is 5.80. The average Bonchev–Trinajstić information content (AvgIpc) is 2.17. The van der Waals surface area contributed by atoms with Gasteiger partial charge in [0.1, 0.15) is 0 Å². The molecule has 88 valence electrons. The molecular weight excluding hydrogens is 210 g/mol. The van der Waals surface area contributed by atoms with E-state index >= 15 is 0 Å². The van der Waals surface area contributed by atoms with Crippen LogP contribution in [0.15, 0.2) is 24.3 Å². The third-order valence-corrected chi connectivity index (χ3v) is 1.36. The predicted molar refractivity (Wildman–Crippen MR) is 60.0 cm³/mol. The Hall–Kier alpha value is -1.88. The van der Waals surface area contributed by atoms with Gasteiger partial charge in [-0.1, -0.05) is 6.07 Å². The molecule has 5 nitrogen and oxygen atoms in total. The van der Waals surface area contributed by atoms with Crippen LogP contribution in [0.5, 0.6) is 0 Å². The molecule has 0 aromatic heterocycles. The van der Waals surface area contributed by atoms with Gasteiger partial charge in [0.2, 0.25) is 0 Å². The van der Waals surface area contributed by atoms with Crippen LogP contribution < -0.4 is 0 Å². The normalized spacial score (nSPS) is 9.25. The number of hydrogen-bond donors (Lipinski definition) is 2. The summed E-state index contributed by atoms with van der Waals surface area (Å²) >= 11 is 0. The fraction of sp³-hybridized carbons (Fsp3) is 0.273. The van der Waals surface area contributed by atoms with Crippen molar-refractivity contribution in [3.63, 3.8) is 0 Å². The summed E-state index contributed by atoms with van der Waals surface area (Å²) in [4.78, 5) is 22.8. The SMILES string of the molecule is CN(C)C.O=C(O)c1cccc(C(=O)O)c1. The van der Waals surface area contributed by atoms with Gasteiger partial charge in [-0.05, 0) is 39.3 Å². The number of benzene rings is 1. The van der Waals surface area contributed by atoms with Gasteiger partial charge >= 0.3 is 11.9 Å². The lowest BCUT2D eigenvalue weighted by Crippen LogP contribution is -2.01. The third kappa shape index (κ3) is 5.77. The molecule has 1 aromatic rings. The highest BCUT2D eigenvalue weighted by molar-refractivity contribution is 5.93. The number of hydrogen-bond acceptors (Lipinski definition) is 3. The van der Waals surface area contributed by atoms with Crippen LogP contribution in [0.25, 0.3) is 0 Å². The van der Waals surface area contributed by atoms with E-state index < -0.39 is 11.9 Å². The molecule has 0 spiro atoms. The summed E-state index contributed by atoms with van der Waals surface area (Å²) in [6, 6.07) is 5.20. The minimum atomic E-state index is -1.13. The highest BCUT2D eigenvalue weighted by atomic mass is 16.4. The minimum absolute atomic E-state index is 0.0186. The largest absolute Gasteiger partial charge is 0.478 e. The lowest BCUT2D eigenvalue weighted by Gasteiger charge is -1.95. The van der Waals surface area contributed by atoms with Crippen molar-refractivity contribution in [2.75, 3.05) is 21.1 Å².